The van der Waals surface area contributed by atoms with E-state index in [4.69, 9.17) is 11.6 Å². The topological polar surface area (TPSA) is 12.9 Å². The molecule has 1 rings (SSSR count). The van der Waals surface area contributed by atoms with E-state index in [1.54, 1.807) is 0 Å². The molecule has 0 unspecified atom stereocenters. The average molecular weight is 182 g/mol. The molecule has 1 aromatic heterocycles. The maximum Gasteiger partial charge on any atom is 0.0340 e. The van der Waals surface area contributed by atoms with Crippen molar-refractivity contribution in [1.29, 1.82) is 0 Å². The van der Waals surface area contributed by atoms with Crippen molar-refractivity contribution in [3.63, 3.8) is 0 Å². The highest BCUT2D eigenvalue weighted by atomic mass is 35.5. The second-order valence-corrected chi connectivity index (χ2v) is 3.05. The number of aryl methyl sites for hydroxylation is 1. The van der Waals surface area contributed by atoms with Crippen molar-refractivity contribution in [3.8, 4) is 0 Å². The Morgan fingerprint density at radius 3 is 3.00 bits per heavy atom. The molecule has 0 N–H and O–H groups in total. The Morgan fingerprint density at radius 2 is 2.33 bits per heavy atom. The van der Waals surface area contributed by atoms with Gasteiger partial charge in [0.1, 0.15) is 0 Å². The molecule has 0 bridgehead atoms. The van der Waals surface area contributed by atoms with Crippen molar-refractivity contribution in [2.45, 2.75) is 13.3 Å². The summed E-state index contributed by atoms with van der Waals surface area (Å²) in [7, 11) is 0. The van der Waals surface area contributed by atoms with Crippen molar-refractivity contribution < 1.29 is 0 Å². The molecule has 0 aliphatic rings. The van der Waals surface area contributed by atoms with Crippen LogP contribution in [0.4, 0.5) is 0 Å². The third-order valence-corrected chi connectivity index (χ3v) is 1.70. The van der Waals surface area contributed by atoms with E-state index in [1.165, 1.54) is 5.56 Å². The Balaban J connectivity index is 2.63. The SMILES string of the molecule is Cc1cncc(/C=C/CCCl)c1. The van der Waals surface area contributed by atoms with Crippen LogP contribution in [0.2, 0.25) is 0 Å². The van der Waals surface area contributed by atoms with Gasteiger partial charge in [-0.3, -0.25) is 4.98 Å². The second-order valence-electron chi connectivity index (χ2n) is 2.68. The molecule has 1 nitrogen and oxygen atoms in total. The van der Waals surface area contributed by atoms with E-state index < -0.39 is 0 Å². The molecule has 0 saturated heterocycles. The van der Waals surface area contributed by atoms with Gasteiger partial charge in [-0.15, -0.1) is 11.6 Å². The number of alkyl halides is 1. The molecule has 0 aliphatic heterocycles. The van der Waals surface area contributed by atoms with E-state index in [0.29, 0.717) is 5.88 Å². The maximum absolute atomic E-state index is 5.53. The normalized spacial score (nSPS) is 10.8. The van der Waals surface area contributed by atoms with Gasteiger partial charge in [0.15, 0.2) is 0 Å². The van der Waals surface area contributed by atoms with Crippen molar-refractivity contribution in [2.75, 3.05) is 5.88 Å². The van der Waals surface area contributed by atoms with Crippen LogP contribution in [0.3, 0.4) is 0 Å². The predicted molar refractivity (Wildman–Crippen MR) is 53.3 cm³/mol. The molecule has 0 atom stereocenters. The zero-order chi connectivity index (χ0) is 8.81. The van der Waals surface area contributed by atoms with Gasteiger partial charge in [0.05, 0.1) is 0 Å². The Morgan fingerprint density at radius 1 is 1.50 bits per heavy atom. The number of aromatic nitrogens is 1. The quantitative estimate of drug-likeness (QED) is 0.654. The van der Waals surface area contributed by atoms with E-state index in [0.717, 1.165) is 12.0 Å². The predicted octanol–water partition coefficient (Wildman–Crippen LogP) is 3.03. The smallest absolute Gasteiger partial charge is 0.0340 e. The summed E-state index contributed by atoms with van der Waals surface area (Å²) >= 11 is 5.53. The highest BCUT2D eigenvalue weighted by Crippen LogP contribution is 2.03. The van der Waals surface area contributed by atoms with Crippen molar-refractivity contribution in [1.82, 2.24) is 4.98 Å². The standard InChI is InChI=1S/C10H12ClN/c1-9-6-10(8-12-7-9)4-2-3-5-11/h2,4,6-8H,3,5H2,1H3/b4-2+. The highest BCUT2D eigenvalue weighted by molar-refractivity contribution is 6.17. The maximum atomic E-state index is 5.53. The van der Waals surface area contributed by atoms with Gasteiger partial charge in [0.25, 0.3) is 0 Å². The average Bonchev–Trinajstić information content (AvgIpc) is 2.05. The van der Waals surface area contributed by atoms with E-state index in [-0.39, 0.29) is 0 Å². The van der Waals surface area contributed by atoms with Crippen LogP contribution in [0.5, 0.6) is 0 Å². The molecule has 12 heavy (non-hydrogen) atoms. The lowest BCUT2D eigenvalue weighted by Crippen LogP contribution is -1.79. The number of pyridine rings is 1. The lowest BCUT2D eigenvalue weighted by Gasteiger charge is -1.93. The fraction of sp³-hybridized carbons (Fsp3) is 0.300. The van der Waals surface area contributed by atoms with Gasteiger partial charge in [-0.1, -0.05) is 12.2 Å². The molecule has 2 heteroatoms. The molecule has 0 radical (unpaired) electrons. The first-order chi connectivity index (χ1) is 5.83. The number of hydrogen-bond acceptors (Lipinski definition) is 1. The largest absolute Gasteiger partial charge is 0.264 e. The molecule has 0 spiro atoms. The van der Waals surface area contributed by atoms with Crippen molar-refractivity contribution in [3.05, 3.63) is 35.7 Å². The molecule has 1 aromatic rings. The summed E-state index contributed by atoms with van der Waals surface area (Å²) in [5.74, 6) is 0.676. The Hall–Kier alpha value is -0.820. The summed E-state index contributed by atoms with van der Waals surface area (Å²) in [5.41, 5.74) is 2.32. The van der Waals surface area contributed by atoms with Crippen LogP contribution in [-0.2, 0) is 0 Å². The zero-order valence-electron chi connectivity index (χ0n) is 7.13. The minimum Gasteiger partial charge on any atom is -0.264 e. The third kappa shape index (κ3) is 3.05. The molecular weight excluding hydrogens is 170 g/mol. The lowest BCUT2D eigenvalue weighted by molar-refractivity contribution is 1.23. The van der Waals surface area contributed by atoms with Gasteiger partial charge in [-0.05, 0) is 30.5 Å². The van der Waals surface area contributed by atoms with Gasteiger partial charge in [-0.25, -0.2) is 0 Å². The fourth-order valence-electron chi connectivity index (χ4n) is 0.952. The summed E-state index contributed by atoms with van der Waals surface area (Å²) in [5, 5.41) is 0. The minimum atomic E-state index is 0.676. The number of rotatable bonds is 3. The van der Waals surface area contributed by atoms with Gasteiger partial charge < -0.3 is 0 Å². The van der Waals surface area contributed by atoms with Gasteiger partial charge in [-0.2, -0.15) is 0 Å². The monoisotopic (exact) mass is 181 g/mol. The van der Waals surface area contributed by atoms with E-state index in [2.05, 4.69) is 17.1 Å². The first-order valence-electron chi connectivity index (χ1n) is 3.97. The van der Waals surface area contributed by atoms with Crippen LogP contribution in [0.25, 0.3) is 6.08 Å². The van der Waals surface area contributed by atoms with E-state index in [1.807, 2.05) is 25.4 Å². The Labute approximate surface area is 78.1 Å². The van der Waals surface area contributed by atoms with E-state index in [9.17, 15) is 0 Å². The molecule has 0 aromatic carbocycles. The summed E-state index contributed by atoms with van der Waals surface area (Å²) in [6.07, 6.45) is 8.71. The van der Waals surface area contributed by atoms with Crippen LogP contribution in [-0.4, -0.2) is 10.9 Å². The molecule has 0 saturated carbocycles. The fourth-order valence-corrected chi connectivity index (χ4v) is 1.08. The summed E-state index contributed by atoms with van der Waals surface area (Å²) < 4.78 is 0. The lowest BCUT2D eigenvalue weighted by atomic mass is 10.2. The Bertz CT molecular complexity index is 268. The molecular formula is C10H12ClN. The number of hydrogen-bond donors (Lipinski definition) is 0. The molecule has 0 amide bonds. The number of halogens is 1. The van der Waals surface area contributed by atoms with Crippen LogP contribution in [0.15, 0.2) is 24.5 Å². The third-order valence-electron chi connectivity index (χ3n) is 1.48. The van der Waals surface area contributed by atoms with Gasteiger partial charge >= 0.3 is 0 Å². The molecule has 1 heterocycles. The Kier molecular flexibility index (Phi) is 3.81. The summed E-state index contributed by atoms with van der Waals surface area (Å²) in [6, 6.07) is 2.09. The first kappa shape index (κ1) is 9.27. The van der Waals surface area contributed by atoms with Crippen molar-refractivity contribution in [2.24, 2.45) is 0 Å². The molecule has 0 aliphatic carbocycles. The van der Waals surface area contributed by atoms with Crippen molar-refractivity contribution >= 4 is 17.7 Å². The number of allylic oxidation sites excluding steroid dienone is 1. The van der Waals surface area contributed by atoms with E-state index >= 15 is 0 Å². The second kappa shape index (κ2) is 4.94. The zero-order valence-corrected chi connectivity index (χ0v) is 7.88. The van der Waals surface area contributed by atoms with Gasteiger partial charge in [0.2, 0.25) is 0 Å². The highest BCUT2D eigenvalue weighted by Gasteiger charge is 1.86. The molecule has 64 valence electrons. The molecule has 0 fully saturated rings. The van der Waals surface area contributed by atoms with Crippen LogP contribution in [0.1, 0.15) is 17.5 Å². The first-order valence-corrected chi connectivity index (χ1v) is 4.50. The minimum absolute atomic E-state index is 0.676. The van der Waals surface area contributed by atoms with Crippen LogP contribution < -0.4 is 0 Å². The van der Waals surface area contributed by atoms with Crippen LogP contribution in [0, 0.1) is 6.92 Å². The summed E-state index contributed by atoms with van der Waals surface area (Å²) in [4.78, 5) is 4.08. The van der Waals surface area contributed by atoms with Crippen LogP contribution >= 0.6 is 11.6 Å². The van der Waals surface area contributed by atoms with Gasteiger partial charge in [0, 0.05) is 18.3 Å². The number of nitrogens with zero attached hydrogens (tertiary/aromatic N) is 1. The summed E-state index contributed by atoms with van der Waals surface area (Å²) in [6.45, 7) is 2.03.